The van der Waals surface area contributed by atoms with Crippen LogP contribution in [-0.2, 0) is 23.6 Å². The number of aryl methyl sites for hydroxylation is 2. The van der Waals surface area contributed by atoms with Gasteiger partial charge in [0.2, 0.25) is 5.91 Å². The number of methoxy groups -OCH3 is 1. The Morgan fingerprint density at radius 3 is 2.41 bits per heavy atom. The van der Waals surface area contributed by atoms with Crippen LogP contribution < -0.4 is 10.9 Å². The molecule has 0 saturated carbocycles. The van der Waals surface area contributed by atoms with E-state index in [9.17, 15) is 9.59 Å². The molecule has 0 bridgehead atoms. The van der Waals surface area contributed by atoms with Gasteiger partial charge in [0.25, 0.3) is 5.56 Å². The molecule has 2 heterocycles. The lowest BCUT2D eigenvalue weighted by Gasteiger charge is -2.22. The van der Waals surface area contributed by atoms with Crippen molar-refractivity contribution >= 4 is 40.0 Å². The molecule has 198 valence electrons. The third-order valence-corrected chi connectivity index (χ3v) is 7.22. The Hall–Kier alpha value is -3.91. The number of halogens is 2. The summed E-state index contributed by atoms with van der Waals surface area (Å²) >= 11 is 12.6. The molecule has 1 atom stereocenters. The molecule has 1 N–H and O–H groups in total. The Kier molecular flexibility index (Phi) is 7.57. The number of ether oxygens (including phenoxy) is 1. The number of hydrogen-bond acceptors (Lipinski definition) is 4. The molecule has 9 heteroatoms. The first-order valence-electron chi connectivity index (χ1n) is 12.2. The fourth-order valence-corrected chi connectivity index (χ4v) is 5.20. The summed E-state index contributed by atoms with van der Waals surface area (Å²) in [6.45, 7) is -0.0785. The van der Waals surface area contributed by atoms with Crippen LogP contribution in [0.5, 0.6) is 0 Å². The van der Waals surface area contributed by atoms with Gasteiger partial charge >= 0.3 is 0 Å². The van der Waals surface area contributed by atoms with Crippen LogP contribution >= 0.6 is 23.2 Å². The van der Waals surface area contributed by atoms with E-state index in [1.807, 2.05) is 60.1 Å². The highest BCUT2D eigenvalue weighted by Crippen LogP contribution is 2.38. The van der Waals surface area contributed by atoms with Crippen LogP contribution in [0.15, 0.2) is 84.0 Å². The smallest absolute Gasteiger partial charge is 0.259 e. The second-order valence-electron chi connectivity index (χ2n) is 9.27. The van der Waals surface area contributed by atoms with Crippen molar-refractivity contribution in [3.05, 3.63) is 111 Å². The minimum Gasteiger partial charge on any atom is -0.375 e. The molecule has 1 unspecified atom stereocenters. The van der Waals surface area contributed by atoms with Gasteiger partial charge in [0.15, 0.2) is 0 Å². The van der Waals surface area contributed by atoms with Gasteiger partial charge in [-0.05, 0) is 53.1 Å². The lowest BCUT2D eigenvalue weighted by atomic mass is 9.90. The van der Waals surface area contributed by atoms with Crippen LogP contribution in [0, 0.1) is 0 Å². The third-order valence-electron chi connectivity index (χ3n) is 6.73. The van der Waals surface area contributed by atoms with Crippen molar-refractivity contribution in [1.82, 2.24) is 19.4 Å². The molecule has 7 nitrogen and oxygen atoms in total. The van der Waals surface area contributed by atoms with E-state index in [4.69, 9.17) is 27.9 Å². The first-order valence-corrected chi connectivity index (χ1v) is 13.0. The van der Waals surface area contributed by atoms with E-state index >= 15 is 0 Å². The van der Waals surface area contributed by atoms with Gasteiger partial charge in [0.1, 0.15) is 6.61 Å². The van der Waals surface area contributed by atoms with Gasteiger partial charge in [-0.2, -0.15) is 0 Å². The molecule has 0 fully saturated rings. The molecule has 0 aliphatic rings. The quantitative estimate of drug-likeness (QED) is 0.274. The topological polar surface area (TPSA) is 78.2 Å². The average molecular weight is 561 g/mol. The number of nitrogens with one attached hydrogen (secondary N) is 1. The summed E-state index contributed by atoms with van der Waals surface area (Å²) in [6.07, 6.45) is 3.41. The van der Waals surface area contributed by atoms with Crippen LogP contribution in [-0.4, -0.2) is 33.7 Å². The maximum Gasteiger partial charge on any atom is 0.259 e. The molecule has 39 heavy (non-hydrogen) atoms. The molecule has 0 aliphatic heterocycles. The Bertz CT molecular complexity index is 1740. The molecule has 0 saturated heterocycles. The molecule has 2 aromatic heterocycles. The van der Waals surface area contributed by atoms with Gasteiger partial charge in [-0.3, -0.25) is 9.59 Å². The van der Waals surface area contributed by atoms with Gasteiger partial charge in [0, 0.05) is 42.2 Å². The van der Waals surface area contributed by atoms with Crippen LogP contribution in [0.3, 0.4) is 0 Å². The van der Waals surface area contributed by atoms with E-state index in [2.05, 4.69) is 10.3 Å². The molecule has 3 aromatic carbocycles. The highest BCUT2D eigenvalue weighted by atomic mass is 35.5. The number of imidazole rings is 1. The lowest BCUT2D eigenvalue weighted by Crippen LogP contribution is -2.33. The molecule has 0 spiro atoms. The van der Waals surface area contributed by atoms with Crippen LogP contribution in [0.2, 0.25) is 10.0 Å². The SMILES string of the molecule is COCC(=O)NC(c1ccc2c(c1)c(-c1cccc(Cl)c1)c(-c1ccc(Cl)cc1)c(=O)n2C)c1cncn1C. The van der Waals surface area contributed by atoms with E-state index in [0.717, 1.165) is 38.9 Å². The minimum absolute atomic E-state index is 0.0785. The molecule has 0 aliphatic carbocycles. The number of benzene rings is 3. The molecular formula is C30H26Cl2N4O3. The summed E-state index contributed by atoms with van der Waals surface area (Å²) in [5, 5.41) is 5.02. The Balaban J connectivity index is 1.84. The van der Waals surface area contributed by atoms with Crippen molar-refractivity contribution in [1.29, 1.82) is 0 Å². The zero-order valence-corrected chi connectivity index (χ0v) is 23.1. The zero-order chi connectivity index (χ0) is 27.7. The lowest BCUT2D eigenvalue weighted by molar-refractivity contribution is -0.125. The number of fused-ring (bicyclic) bond motifs is 1. The summed E-state index contributed by atoms with van der Waals surface area (Å²) in [4.78, 5) is 30.7. The standard InChI is InChI=1S/C30H26Cl2N4O3/c1-35-17-33-15-25(35)29(34-26(37)16-39-3)20-9-12-24-23(14-20)27(19-5-4-6-22(32)13-19)28(30(38)36(24)2)18-7-10-21(31)11-8-18/h4-15,17,29H,16H2,1-3H3,(H,34,37). The van der Waals surface area contributed by atoms with Gasteiger partial charge in [-0.1, -0.05) is 53.5 Å². The molecule has 5 rings (SSSR count). The van der Waals surface area contributed by atoms with Crippen LogP contribution in [0.1, 0.15) is 17.3 Å². The number of pyridine rings is 1. The summed E-state index contributed by atoms with van der Waals surface area (Å²) < 4.78 is 8.55. The molecule has 1 amide bonds. The predicted octanol–water partition coefficient (Wildman–Crippen LogP) is 5.76. The maximum absolute atomic E-state index is 13.8. The number of nitrogens with zero attached hydrogens (tertiary/aromatic N) is 3. The normalized spacial score (nSPS) is 12.0. The zero-order valence-electron chi connectivity index (χ0n) is 21.6. The number of amides is 1. The Morgan fingerprint density at radius 1 is 0.974 bits per heavy atom. The largest absolute Gasteiger partial charge is 0.375 e. The summed E-state index contributed by atoms with van der Waals surface area (Å²) in [7, 11) is 5.10. The Morgan fingerprint density at radius 2 is 1.74 bits per heavy atom. The third kappa shape index (κ3) is 5.21. The average Bonchev–Trinajstić information content (AvgIpc) is 3.35. The van der Waals surface area contributed by atoms with E-state index in [1.54, 1.807) is 42.3 Å². The second kappa shape index (κ2) is 11.1. The summed E-state index contributed by atoms with van der Waals surface area (Å²) in [5.41, 5.74) is 5.01. The van der Waals surface area contributed by atoms with Crippen molar-refractivity contribution in [3.8, 4) is 22.3 Å². The highest BCUT2D eigenvalue weighted by molar-refractivity contribution is 6.31. The van der Waals surface area contributed by atoms with E-state index in [0.29, 0.717) is 15.6 Å². The molecular weight excluding hydrogens is 535 g/mol. The number of carbonyl (C=O) groups excluding carboxylic acids is 1. The number of carbonyl (C=O) groups is 1. The van der Waals surface area contributed by atoms with Crippen molar-refractivity contribution in [2.45, 2.75) is 6.04 Å². The van der Waals surface area contributed by atoms with Gasteiger partial charge in [-0.25, -0.2) is 4.98 Å². The monoisotopic (exact) mass is 560 g/mol. The molecule has 5 aromatic rings. The summed E-state index contributed by atoms with van der Waals surface area (Å²) in [6, 6.07) is 20.0. The van der Waals surface area contributed by atoms with Crippen molar-refractivity contribution in [3.63, 3.8) is 0 Å². The van der Waals surface area contributed by atoms with Gasteiger partial charge < -0.3 is 19.2 Å². The van der Waals surface area contributed by atoms with Crippen molar-refractivity contribution < 1.29 is 9.53 Å². The summed E-state index contributed by atoms with van der Waals surface area (Å²) in [5.74, 6) is -0.263. The van der Waals surface area contributed by atoms with E-state index < -0.39 is 6.04 Å². The van der Waals surface area contributed by atoms with Crippen LogP contribution in [0.4, 0.5) is 0 Å². The molecule has 0 radical (unpaired) electrons. The maximum atomic E-state index is 13.8. The number of aromatic nitrogens is 3. The van der Waals surface area contributed by atoms with Gasteiger partial charge in [-0.15, -0.1) is 0 Å². The van der Waals surface area contributed by atoms with Crippen molar-refractivity contribution in [2.24, 2.45) is 14.1 Å². The first kappa shape index (κ1) is 26.7. The predicted molar refractivity (Wildman–Crippen MR) is 155 cm³/mol. The Labute approximate surface area is 235 Å². The number of rotatable bonds is 7. The number of hydrogen-bond donors (Lipinski definition) is 1. The minimum atomic E-state index is -0.507. The van der Waals surface area contributed by atoms with Gasteiger partial charge in [0.05, 0.1) is 35.3 Å². The van der Waals surface area contributed by atoms with E-state index in [-0.39, 0.29) is 18.1 Å². The fraction of sp³-hybridized carbons (Fsp3) is 0.167. The van der Waals surface area contributed by atoms with E-state index in [1.165, 1.54) is 7.11 Å². The fourth-order valence-electron chi connectivity index (χ4n) is 4.88. The second-order valence-corrected chi connectivity index (χ2v) is 10.1. The first-order chi connectivity index (χ1) is 18.8. The van der Waals surface area contributed by atoms with Crippen LogP contribution in [0.25, 0.3) is 33.2 Å². The van der Waals surface area contributed by atoms with Crippen molar-refractivity contribution in [2.75, 3.05) is 13.7 Å². The highest BCUT2D eigenvalue weighted by Gasteiger charge is 2.24.